The number of rotatable bonds is 9. The fourth-order valence-corrected chi connectivity index (χ4v) is 1.71. The third-order valence-electron chi connectivity index (χ3n) is 2.56. The lowest BCUT2D eigenvalue weighted by atomic mass is 10.1. The molecule has 0 bridgehead atoms. The third-order valence-corrected chi connectivity index (χ3v) is 2.56. The van der Waals surface area contributed by atoms with E-state index in [-0.39, 0.29) is 0 Å². The van der Waals surface area contributed by atoms with Gasteiger partial charge in [0.15, 0.2) is 0 Å². The van der Waals surface area contributed by atoms with Gasteiger partial charge in [-0.2, -0.15) is 0 Å². The molecule has 3 heteroatoms. The van der Waals surface area contributed by atoms with Crippen LogP contribution in [0.4, 0.5) is 0 Å². The fourth-order valence-electron chi connectivity index (χ4n) is 1.71. The van der Waals surface area contributed by atoms with Crippen LogP contribution in [0.5, 0.6) is 0 Å². The molecule has 0 aliphatic carbocycles. The predicted molar refractivity (Wildman–Crippen MR) is 71.1 cm³/mol. The van der Waals surface area contributed by atoms with Gasteiger partial charge >= 0.3 is 0 Å². The van der Waals surface area contributed by atoms with Gasteiger partial charge in [0.05, 0.1) is 6.61 Å². The van der Waals surface area contributed by atoms with E-state index < -0.39 is 0 Å². The molecule has 1 unspecified atom stereocenters. The molecule has 0 saturated heterocycles. The van der Waals surface area contributed by atoms with Crippen LogP contribution in [0.25, 0.3) is 0 Å². The van der Waals surface area contributed by atoms with Crippen molar-refractivity contribution in [1.82, 2.24) is 10.3 Å². The van der Waals surface area contributed by atoms with Crippen molar-refractivity contribution in [2.45, 2.75) is 39.2 Å². The second-order valence-corrected chi connectivity index (χ2v) is 4.29. The lowest BCUT2D eigenvalue weighted by Gasteiger charge is -2.18. The highest BCUT2D eigenvalue weighted by molar-refractivity contribution is 5.10. The van der Waals surface area contributed by atoms with E-state index in [1.165, 1.54) is 5.56 Å². The highest BCUT2D eigenvalue weighted by Crippen LogP contribution is 2.02. The number of nitrogens with one attached hydrogen (secondary N) is 1. The minimum atomic E-state index is 0.394. The summed E-state index contributed by atoms with van der Waals surface area (Å²) in [5, 5.41) is 3.52. The molecule has 1 heterocycles. The standard InChI is InChI=1S/C14H24N2O/c1-3-7-16-14(12-17-9-4-2)10-13-6-5-8-15-11-13/h5-6,8,11,14,16H,3-4,7,9-10,12H2,1-2H3. The molecule has 0 aliphatic heterocycles. The summed E-state index contributed by atoms with van der Waals surface area (Å²) in [6.45, 7) is 6.98. The van der Waals surface area contributed by atoms with E-state index in [4.69, 9.17) is 4.74 Å². The zero-order valence-electron chi connectivity index (χ0n) is 11.0. The maximum Gasteiger partial charge on any atom is 0.0622 e. The van der Waals surface area contributed by atoms with Crippen molar-refractivity contribution >= 4 is 0 Å². The highest BCUT2D eigenvalue weighted by atomic mass is 16.5. The Morgan fingerprint density at radius 1 is 1.35 bits per heavy atom. The minimum absolute atomic E-state index is 0.394. The maximum atomic E-state index is 5.63. The number of ether oxygens (including phenoxy) is 1. The Kier molecular flexibility index (Phi) is 7.60. The van der Waals surface area contributed by atoms with Crippen molar-refractivity contribution in [2.75, 3.05) is 19.8 Å². The van der Waals surface area contributed by atoms with Gasteiger partial charge in [-0.1, -0.05) is 19.9 Å². The number of aromatic nitrogens is 1. The summed E-state index contributed by atoms with van der Waals surface area (Å²) in [4.78, 5) is 4.15. The Bertz CT molecular complexity index is 277. The zero-order chi connectivity index (χ0) is 12.3. The average molecular weight is 236 g/mol. The van der Waals surface area contributed by atoms with E-state index in [1.54, 1.807) is 0 Å². The van der Waals surface area contributed by atoms with Crippen molar-refractivity contribution in [2.24, 2.45) is 0 Å². The van der Waals surface area contributed by atoms with Gasteiger partial charge in [-0.05, 0) is 37.4 Å². The molecule has 0 saturated carbocycles. The molecule has 1 aromatic rings. The molecule has 0 aliphatic rings. The molecule has 0 amide bonds. The van der Waals surface area contributed by atoms with Gasteiger partial charge in [0.25, 0.3) is 0 Å². The van der Waals surface area contributed by atoms with E-state index in [1.807, 2.05) is 18.5 Å². The quantitative estimate of drug-likeness (QED) is 0.669. The van der Waals surface area contributed by atoms with Gasteiger partial charge in [-0.3, -0.25) is 4.98 Å². The number of pyridine rings is 1. The van der Waals surface area contributed by atoms with Crippen LogP contribution >= 0.6 is 0 Å². The van der Waals surface area contributed by atoms with Gasteiger partial charge in [-0.25, -0.2) is 0 Å². The second-order valence-electron chi connectivity index (χ2n) is 4.29. The van der Waals surface area contributed by atoms with Crippen molar-refractivity contribution in [3.63, 3.8) is 0 Å². The largest absolute Gasteiger partial charge is 0.380 e. The molecule has 0 spiro atoms. The van der Waals surface area contributed by atoms with Crippen LogP contribution in [0.15, 0.2) is 24.5 Å². The van der Waals surface area contributed by atoms with E-state index >= 15 is 0 Å². The molecule has 1 rings (SSSR count). The number of hydrogen-bond donors (Lipinski definition) is 1. The lowest BCUT2D eigenvalue weighted by molar-refractivity contribution is 0.111. The second kappa shape index (κ2) is 9.14. The van der Waals surface area contributed by atoms with Crippen molar-refractivity contribution in [1.29, 1.82) is 0 Å². The SMILES string of the molecule is CCCNC(COCCC)Cc1cccnc1. The first-order chi connectivity index (χ1) is 8.36. The summed E-state index contributed by atoms with van der Waals surface area (Å²) in [5.74, 6) is 0. The molecule has 1 N–H and O–H groups in total. The van der Waals surface area contributed by atoms with Crippen LogP contribution in [-0.4, -0.2) is 30.8 Å². The van der Waals surface area contributed by atoms with E-state index in [9.17, 15) is 0 Å². The topological polar surface area (TPSA) is 34.1 Å². The summed E-state index contributed by atoms with van der Waals surface area (Å²) in [5.41, 5.74) is 1.27. The summed E-state index contributed by atoms with van der Waals surface area (Å²) in [7, 11) is 0. The highest BCUT2D eigenvalue weighted by Gasteiger charge is 2.08. The Balaban J connectivity index is 2.39. The smallest absolute Gasteiger partial charge is 0.0622 e. The summed E-state index contributed by atoms with van der Waals surface area (Å²) < 4.78 is 5.63. The molecular formula is C14H24N2O. The molecule has 96 valence electrons. The summed E-state index contributed by atoms with van der Waals surface area (Å²) >= 11 is 0. The van der Waals surface area contributed by atoms with Gasteiger partial charge < -0.3 is 10.1 Å². The van der Waals surface area contributed by atoms with E-state index in [0.29, 0.717) is 6.04 Å². The van der Waals surface area contributed by atoms with Crippen LogP contribution in [0.1, 0.15) is 32.3 Å². The number of hydrogen-bond acceptors (Lipinski definition) is 3. The maximum absolute atomic E-state index is 5.63. The van der Waals surface area contributed by atoms with Crippen LogP contribution < -0.4 is 5.32 Å². The van der Waals surface area contributed by atoms with Gasteiger partial charge in [0.2, 0.25) is 0 Å². The van der Waals surface area contributed by atoms with Crippen LogP contribution in [-0.2, 0) is 11.2 Å². The lowest BCUT2D eigenvalue weighted by Crippen LogP contribution is -2.36. The molecule has 0 aromatic carbocycles. The van der Waals surface area contributed by atoms with Gasteiger partial charge in [0, 0.05) is 25.0 Å². The van der Waals surface area contributed by atoms with E-state index in [2.05, 4.69) is 30.2 Å². The monoisotopic (exact) mass is 236 g/mol. The molecule has 1 aromatic heterocycles. The first-order valence-electron chi connectivity index (χ1n) is 6.56. The normalized spacial score (nSPS) is 12.6. The van der Waals surface area contributed by atoms with Crippen molar-refractivity contribution in [3.05, 3.63) is 30.1 Å². The Hall–Kier alpha value is -0.930. The number of nitrogens with zero attached hydrogens (tertiary/aromatic N) is 1. The molecule has 0 fully saturated rings. The van der Waals surface area contributed by atoms with Gasteiger partial charge in [-0.15, -0.1) is 0 Å². The zero-order valence-corrected chi connectivity index (χ0v) is 11.0. The first-order valence-corrected chi connectivity index (χ1v) is 6.56. The van der Waals surface area contributed by atoms with E-state index in [0.717, 1.165) is 39.0 Å². The summed E-state index contributed by atoms with van der Waals surface area (Å²) in [6.07, 6.45) is 6.95. The predicted octanol–water partition coefficient (Wildman–Crippen LogP) is 2.42. The van der Waals surface area contributed by atoms with Crippen molar-refractivity contribution < 1.29 is 4.74 Å². The first kappa shape index (κ1) is 14.1. The van der Waals surface area contributed by atoms with Crippen LogP contribution in [0.3, 0.4) is 0 Å². The minimum Gasteiger partial charge on any atom is -0.380 e. The fraction of sp³-hybridized carbons (Fsp3) is 0.643. The summed E-state index contributed by atoms with van der Waals surface area (Å²) in [6, 6.07) is 4.50. The van der Waals surface area contributed by atoms with Crippen LogP contribution in [0, 0.1) is 0 Å². The Morgan fingerprint density at radius 2 is 2.24 bits per heavy atom. The molecular weight excluding hydrogens is 212 g/mol. The van der Waals surface area contributed by atoms with Crippen molar-refractivity contribution in [3.8, 4) is 0 Å². The third kappa shape index (κ3) is 6.39. The van der Waals surface area contributed by atoms with Gasteiger partial charge in [0.1, 0.15) is 0 Å². The molecule has 1 atom stereocenters. The molecule has 3 nitrogen and oxygen atoms in total. The average Bonchev–Trinajstić information content (AvgIpc) is 2.37. The van der Waals surface area contributed by atoms with Crippen LogP contribution in [0.2, 0.25) is 0 Å². The molecule has 0 radical (unpaired) electrons. The molecule has 17 heavy (non-hydrogen) atoms. The Morgan fingerprint density at radius 3 is 2.88 bits per heavy atom. The Labute approximate surface area is 105 Å².